The maximum atomic E-state index is 13.7. The van der Waals surface area contributed by atoms with Crippen molar-refractivity contribution in [3.8, 4) is 21.7 Å². The van der Waals surface area contributed by atoms with Gasteiger partial charge in [-0.25, -0.2) is 9.97 Å². The number of nitrogens with zero attached hydrogens (tertiary/aromatic N) is 3. The van der Waals surface area contributed by atoms with Crippen LogP contribution in [0.25, 0.3) is 21.7 Å². The molecule has 0 radical (unpaired) electrons. The Kier molecular flexibility index (Phi) is 5.49. The van der Waals surface area contributed by atoms with Gasteiger partial charge in [-0.15, -0.1) is 11.3 Å². The Labute approximate surface area is 206 Å². The summed E-state index contributed by atoms with van der Waals surface area (Å²) >= 11 is 1.54. The second-order valence-corrected chi connectivity index (χ2v) is 10.1. The lowest BCUT2D eigenvalue weighted by Crippen LogP contribution is -2.33. The Morgan fingerprint density at radius 2 is 1.91 bits per heavy atom. The predicted molar refractivity (Wildman–Crippen MR) is 134 cm³/mol. The number of halogens is 1. The van der Waals surface area contributed by atoms with E-state index in [9.17, 15) is 14.0 Å². The number of amides is 1. The van der Waals surface area contributed by atoms with Gasteiger partial charge in [0.25, 0.3) is 5.91 Å². The van der Waals surface area contributed by atoms with Crippen molar-refractivity contribution in [3.05, 3.63) is 88.9 Å². The van der Waals surface area contributed by atoms with Crippen LogP contribution in [0, 0.1) is 11.9 Å². The topological polar surface area (TPSA) is 63.2 Å². The summed E-state index contributed by atoms with van der Waals surface area (Å²) < 4.78 is 13.2. The van der Waals surface area contributed by atoms with E-state index in [0.717, 1.165) is 39.4 Å². The van der Waals surface area contributed by atoms with E-state index in [1.54, 1.807) is 29.2 Å². The summed E-state index contributed by atoms with van der Waals surface area (Å²) in [5, 5.41) is 0. The number of hydrogen-bond donors (Lipinski definition) is 0. The SMILES string of the molecule is O=C(CC1CC1)c1cc2c(s1)-c1ccccc1N(C(=O)c1cccc(-c3ccc(F)nc3)n1)CC2. The van der Waals surface area contributed by atoms with Gasteiger partial charge in [0.15, 0.2) is 5.78 Å². The fourth-order valence-electron chi connectivity index (χ4n) is 4.51. The summed E-state index contributed by atoms with van der Waals surface area (Å²) in [7, 11) is 0. The molecule has 1 aliphatic heterocycles. The van der Waals surface area contributed by atoms with E-state index in [-0.39, 0.29) is 11.7 Å². The third kappa shape index (κ3) is 4.28. The highest BCUT2D eigenvalue weighted by atomic mass is 32.1. The lowest BCUT2D eigenvalue weighted by molar-refractivity contribution is 0.0972. The minimum Gasteiger partial charge on any atom is -0.306 e. The van der Waals surface area contributed by atoms with Gasteiger partial charge in [-0.1, -0.05) is 24.3 Å². The molecule has 0 spiro atoms. The van der Waals surface area contributed by atoms with Crippen LogP contribution in [-0.2, 0) is 6.42 Å². The van der Waals surface area contributed by atoms with Crippen molar-refractivity contribution in [2.24, 2.45) is 5.92 Å². The number of benzene rings is 1. The molecule has 0 unspecified atom stereocenters. The number of rotatable bonds is 5. The van der Waals surface area contributed by atoms with E-state index in [4.69, 9.17) is 0 Å². The largest absolute Gasteiger partial charge is 0.306 e. The molecule has 2 aliphatic rings. The Hall–Kier alpha value is -3.71. The summed E-state index contributed by atoms with van der Waals surface area (Å²) in [5.41, 5.74) is 4.40. The van der Waals surface area contributed by atoms with Crippen LogP contribution < -0.4 is 4.90 Å². The summed E-state index contributed by atoms with van der Waals surface area (Å²) in [5.74, 6) is 0.0209. The molecule has 35 heavy (non-hydrogen) atoms. The van der Waals surface area contributed by atoms with Gasteiger partial charge in [-0.2, -0.15) is 4.39 Å². The highest BCUT2D eigenvalue weighted by Crippen LogP contribution is 2.43. The zero-order chi connectivity index (χ0) is 23.9. The normalized spacial score (nSPS) is 14.7. The molecule has 174 valence electrons. The van der Waals surface area contributed by atoms with Gasteiger partial charge in [0.1, 0.15) is 5.69 Å². The van der Waals surface area contributed by atoms with Gasteiger partial charge >= 0.3 is 0 Å². The summed E-state index contributed by atoms with van der Waals surface area (Å²) in [6.45, 7) is 0.486. The molecule has 5 nitrogen and oxygen atoms in total. The molecule has 7 heteroatoms. The smallest absolute Gasteiger partial charge is 0.276 e. The quantitative estimate of drug-likeness (QED) is 0.251. The summed E-state index contributed by atoms with van der Waals surface area (Å²) in [6, 6.07) is 18.0. The molecule has 6 rings (SSSR count). The Morgan fingerprint density at radius 3 is 2.71 bits per heavy atom. The standard InChI is InChI=1S/C28H22FN3O2S/c29-26-11-10-19(16-30-26)21-5-3-6-22(31-21)28(34)32-13-12-18-15-25(24(33)14-17-8-9-17)35-27(18)20-4-1-2-7-23(20)32/h1-7,10-11,15-17H,8-9,12-14H2. The number of aromatic nitrogens is 2. The number of carbonyl (C=O) groups excluding carboxylic acids is 2. The fourth-order valence-corrected chi connectivity index (χ4v) is 5.70. The van der Waals surface area contributed by atoms with Crippen molar-refractivity contribution >= 4 is 28.7 Å². The molecule has 1 aliphatic carbocycles. The van der Waals surface area contributed by atoms with Gasteiger partial charge in [0.05, 0.1) is 16.3 Å². The molecule has 1 amide bonds. The maximum absolute atomic E-state index is 13.7. The molecule has 1 saturated carbocycles. The van der Waals surface area contributed by atoms with Crippen molar-refractivity contribution in [1.29, 1.82) is 0 Å². The fraction of sp³-hybridized carbons (Fsp3) is 0.214. The van der Waals surface area contributed by atoms with Crippen molar-refractivity contribution in [2.45, 2.75) is 25.7 Å². The zero-order valence-electron chi connectivity index (χ0n) is 18.9. The summed E-state index contributed by atoms with van der Waals surface area (Å²) in [4.78, 5) is 38.3. The third-order valence-corrected chi connectivity index (χ3v) is 7.79. The first-order valence-electron chi connectivity index (χ1n) is 11.7. The highest BCUT2D eigenvalue weighted by molar-refractivity contribution is 7.17. The van der Waals surface area contributed by atoms with Crippen molar-refractivity contribution < 1.29 is 14.0 Å². The molecule has 0 atom stereocenters. The average Bonchev–Trinajstić information content (AvgIpc) is 3.63. The summed E-state index contributed by atoms with van der Waals surface area (Å²) in [6.07, 6.45) is 5.02. The average molecular weight is 484 g/mol. The number of ketones is 1. The minimum absolute atomic E-state index is 0.199. The van der Waals surface area contributed by atoms with E-state index < -0.39 is 5.95 Å². The predicted octanol–water partition coefficient (Wildman–Crippen LogP) is 6.20. The van der Waals surface area contributed by atoms with Gasteiger partial charge in [0.2, 0.25) is 5.95 Å². The number of pyridine rings is 2. The molecule has 0 saturated heterocycles. The number of fused-ring (bicyclic) bond motifs is 3. The molecular formula is C28H22FN3O2S. The number of Topliss-reactive ketones (excluding diaryl/α,β-unsaturated/α-hetero) is 1. The monoisotopic (exact) mass is 483 g/mol. The Morgan fingerprint density at radius 1 is 1.06 bits per heavy atom. The maximum Gasteiger partial charge on any atom is 0.276 e. The number of anilines is 1. The number of para-hydroxylation sites is 1. The highest BCUT2D eigenvalue weighted by Gasteiger charge is 2.30. The first kappa shape index (κ1) is 21.8. The molecule has 1 aromatic carbocycles. The first-order valence-corrected chi connectivity index (χ1v) is 12.5. The van der Waals surface area contributed by atoms with E-state index in [1.807, 2.05) is 30.3 Å². The van der Waals surface area contributed by atoms with Crippen LogP contribution in [0.2, 0.25) is 0 Å². The van der Waals surface area contributed by atoms with E-state index in [0.29, 0.717) is 42.3 Å². The zero-order valence-corrected chi connectivity index (χ0v) is 19.7. The van der Waals surface area contributed by atoms with Crippen molar-refractivity contribution in [3.63, 3.8) is 0 Å². The van der Waals surface area contributed by atoms with Crippen LogP contribution in [0.15, 0.2) is 66.9 Å². The molecule has 0 bridgehead atoms. The second kappa shape index (κ2) is 8.82. The van der Waals surface area contributed by atoms with Gasteiger partial charge in [-0.3, -0.25) is 9.59 Å². The minimum atomic E-state index is -0.563. The Bertz CT molecular complexity index is 1440. The number of hydrogen-bond acceptors (Lipinski definition) is 5. The van der Waals surface area contributed by atoms with Crippen molar-refractivity contribution in [1.82, 2.24) is 9.97 Å². The third-order valence-electron chi connectivity index (χ3n) is 6.54. The van der Waals surface area contributed by atoms with Crippen LogP contribution in [0.3, 0.4) is 0 Å². The molecule has 3 aromatic heterocycles. The van der Waals surface area contributed by atoms with Gasteiger partial charge in [0, 0.05) is 35.2 Å². The lowest BCUT2D eigenvalue weighted by Gasteiger charge is -2.23. The van der Waals surface area contributed by atoms with E-state index >= 15 is 0 Å². The van der Waals surface area contributed by atoms with E-state index in [2.05, 4.69) is 9.97 Å². The van der Waals surface area contributed by atoms with Crippen LogP contribution in [-0.4, -0.2) is 28.2 Å². The molecule has 1 fully saturated rings. The molecule has 4 aromatic rings. The van der Waals surface area contributed by atoms with Gasteiger partial charge in [-0.05, 0) is 67.1 Å². The molecule has 4 heterocycles. The van der Waals surface area contributed by atoms with Crippen LogP contribution >= 0.6 is 11.3 Å². The van der Waals surface area contributed by atoms with Crippen LogP contribution in [0.4, 0.5) is 10.1 Å². The van der Waals surface area contributed by atoms with Crippen LogP contribution in [0.5, 0.6) is 0 Å². The number of thiophene rings is 1. The molecular weight excluding hydrogens is 461 g/mol. The lowest BCUT2D eigenvalue weighted by atomic mass is 10.1. The molecule has 0 N–H and O–H groups in total. The second-order valence-electron chi connectivity index (χ2n) is 9.04. The van der Waals surface area contributed by atoms with Crippen LogP contribution in [0.1, 0.15) is 45.0 Å². The van der Waals surface area contributed by atoms with Gasteiger partial charge < -0.3 is 4.90 Å². The van der Waals surface area contributed by atoms with E-state index in [1.165, 1.54) is 23.6 Å². The first-order chi connectivity index (χ1) is 17.1. The van der Waals surface area contributed by atoms with Crippen molar-refractivity contribution in [2.75, 3.05) is 11.4 Å². The number of carbonyl (C=O) groups is 2. The Balaban J connectivity index is 1.33.